The Kier molecular flexibility index (Phi) is 47.2. The number of aliphatic hydroxyl groups excluding tert-OH is 4. The average molecular weight is 1520 g/mol. The fourth-order valence-corrected chi connectivity index (χ4v) is 11.3. The van der Waals surface area contributed by atoms with Gasteiger partial charge in [0, 0.05) is 22.6 Å². The van der Waals surface area contributed by atoms with Gasteiger partial charge in [0.1, 0.15) is 24.0 Å². The Morgan fingerprint density at radius 3 is 1.31 bits per heavy atom. The molecule has 0 saturated heterocycles. The van der Waals surface area contributed by atoms with E-state index >= 15 is 0 Å². The van der Waals surface area contributed by atoms with Crippen LogP contribution in [0, 0.1) is 23.7 Å². The Hall–Kier alpha value is -9.73. The number of carbonyl (C=O) groups excluding carboxylic acids is 1. The standard InChI is InChI=1S/C48H66N6O6.C11H12O4.C11H22O4.C7H6O3.C6H14O3/c1-7-13-16-31(10-4)27-36-30-41(45(59)60)39(28-32(11-5)17-14-8-2)40(29-33(12-6)18-15-9-3)42(36)51-48-53-46(49-37-23-19-34(20-24-37)43(55)56)52-47(54-48)50-38-25-21-35(22-26-38)44(57)58;1-14-9(10(15-2)11(12)13)8-6-4-3-5-7-8;1-3-5-6-9(4-2)11(14)15-8-10(13)7-12;8-6-4-2-1-3-5(6)7(9)10;1-5(8)4-9-6(2)3-7/h19-26,30-33H,7-18,27-29H2,1-6H3,(H,55,56)(H,57,58)(H,59,60)(H3,49,50,51,52,53,54);3-7H,1-2H3,(H,12,13);9-10,12-13H,3-8H2,1-2H3;1-4,8H,(H,9,10);5-8H,3-4H2,1-2H3. The molecule has 0 aliphatic rings. The maximum atomic E-state index is 13.4. The number of aromatic carboxylic acids is 4. The first-order chi connectivity index (χ1) is 52.2. The predicted octanol–water partition coefficient (Wildman–Crippen LogP) is 16.2. The van der Waals surface area contributed by atoms with E-state index in [1.54, 1.807) is 74.5 Å². The number of carboxylic acids is 5. The van der Waals surface area contributed by atoms with Gasteiger partial charge in [0.15, 0.2) is 5.76 Å². The maximum absolute atomic E-state index is 13.4. The normalized spacial score (nSPS) is 12.9. The van der Waals surface area contributed by atoms with Crippen molar-refractivity contribution in [1.82, 2.24) is 15.0 Å². The number of aromatic nitrogens is 3. The number of phenols is 1. The van der Waals surface area contributed by atoms with Crippen LogP contribution in [0.25, 0.3) is 5.76 Å². The first-order valence-corrected chi connectivity index (χ1v) is 37.8. The number of aliphatic carboxylic acids is 1. The van der Waals surface area contributed by atoms with E-state index in [-0.39, 0.29) is 89.6 Å². The van der Waals surface area contributed by atoms with Gasteiger partial charge in [-0.15, -0.1) is 0 Å². The summed E-state index contributed by atoms with van der Waals surface area (Å²) in [4.78, 5) is 83.4. The lowest BCUT2D eigenvalue weighted by molar-refractivity contribution is -0.152. The third kappa shape index (κ3) is 35.9. The second kappa shape index (κ2) is 54.0. The molecule has 1 heterocycles. The van der Waals surface area contributed by atoms with Crippen LogP contribution >= 0.6 is 0 Å². The number of carbonyl (C=O) groups is 6. The summed E-state index contributed by atoms with van der Waals surface area (Å²) in [6, 6.07) is 29.2. The van der Waals surface area contributed by atoms with Crippen molar-refractivity contribution >= 4 is 76.5 Å². The van der Waals surface area contributed by atoms with E-state index in [0.717, 1.165) is 125 Å². The van der Waals surface area contributed by atoms with Crippen LogP contribution < -0.4 is 16.0 Å². The maximum Gasteiger partial charge on any atom is 0.375 e. The molecular formula is C83H120N6O20. The average Bonchev–Trinajstić information content (AvgIpc) is 0.770. The molecule has 7 unspecified atom stereocenters. The van der Waals surface area contributed by atoms with Crippen LogP contribution in [0.5, 0.6) is 5.75 Å². The number of hydrogen-bond acceptors (Lipinski definition) is 21. The second-order valence-electron chi connectivity index (χ2n) is 26.5. The first kappa shape index (κ1) is 95.3. The van der Waals surface area contributed by atoms with Gasteiger partial charge in [-0.3, -0.25) is 4.79 Å². The number of ether oxygens (including phenoxy) is 4. The number of nitrogens with zero attached hydrogens (tertiary/aromatic N) is 3. The lowest BCUT2D eigenvalue weighted by atomic mass is 9.80. The molecular weight excluding hydrogens is 1400 g/mol. The number of nitrogens with one attached hydrogen (secondary N) is 3. The zero-order chi connectivity index (χ0) is 81.4. The van der Waals surface area contributed by atoms with Gasteiger partial charge in [-0.25, -0.2) is 24.0 Å². The quantitative estimate of drug-likeness (QED) is 0.00960. The van der Waals surface area contributed by atoms with Crippen LogP contribution in [0.4, 0.5) is 34.9 Å². The zero-order valence-corrected chi connectivity index (χ0v) is 65.6. The number of methoxy groups -OCH3 is 2. The van der Waals surface area contributed by atoms with Crippen LogP contribution in [0.2, 0.25) is 0 Å². The van der Waals surface area contributed by atoms with Crippen LogP contribution in [-0.2, 0) is 47.8 Å². The van der Waals surface area contributed by atoms with Crippen molar-refractivity contribution in [2.24, 2.45) is 23.7 Å². The summed E-state index contributed by atoms with van der Waals surface area (Å²) in [5.41, 5.74) is 6.06. The molecule has 26 heteroatoms. The van der Waals surface area contributed by atoms with Gasteiger partial charge in [-0.05, 0) is 147 Å². The number of rotatable bonds is 44. The smallest absolute Gasteiger partial charge is 0.375 e. The molecule has 0 saturated carbocycles. The van der Waals surface area contributed by atoms with Gasteiger partial charge in [-0.1, -0.05) is 188 Å². The molecule has 7 atom stereocenters. The van der Waals surface area contributed by atoms with Gasteiger partial charge in [0.05, 0.1) is 68.9 Å². The van der Waals surface area contributed by atoms with E-state index in [1.165, 1.54) is 50.6 Å². The molecule has 602 valence electrons. The van der Waals surface area contributed by atoms with E-state index in [0.29, 0.717) is 66.1 Å². The lowest BCUT2D eigenvalue weighted by Gasteiger charge is -2.28. The molecule has 0 aliphatic carbocycles. The summed E-state index contributed by atoms with van der Waals surface area (Å²) < 4.78 is 19.6. The summed E-state index contributed by atoms with van der Waals surface area (Å²) in [5.74, 6) is -4.17. The highest BCUT2D eigenvalue weighted by atomic mass is 16.5. The fraction of sp³-hybridized carbons (Fsp3) is 0.506. The fourth-order valence-electron chi connectivity index (χ4n) is 11.3. The lowest BCUT2D eigenvalue weighted by Crippen LogP contribution is -2.25. The minimum Gasteiger partial charge on any atom is -0.507 e. The topological polar surface area (TPSA) is 416 Å². The highest BCUT2D eigenvalue weighted by Crippen LogP contribution is 2.39. The van der Waals surface area contributed by atoms with E-state index in [1.807, 2.05) is 19.1 Å². The Morgan fingerprint density at radius 2 is 0.927 bits per heavy atom. The van der Waals surface area contributed by atoms with Crippen molar-refractivity contribution in [3.63, 3.8) is 0 Å². The number of unbranched alkanes of at least 4 members (excludes halogenated alkanes) is 4. The summed E-state index contributed by atoms with van der Waals surface area (Å²) in [5, 5.41) is 101. The largest absolute Gasteiger partial charge is 0.507 e. The highest BCUT2D eigenvalue weighted by Gasteiger charge is 2.28. The molecule has 26 nitrogen and oxygen atoms in total. The minimum absolute atomic E-state index is 0.00667. The number of carboxylic acid groups (broad SMARTS) is 5. The molecule has 0 spiro atoms. The number of aliphatic hydroxyl groups is 4. The van der Waals surface area contributed by atoms with Crippen LogP contribution in [0.1, 0.15) is 236 Å². The highest BCUT2D eigenvalue weighted by molar-refractivity contribution is 5.94. The van der Waals surface area contributed by atoms with Crippen molar-refractivity contribution in [3.8, 4) is 5.75 Å². The summed E-state index contributed by atoms with van der Waals surface area (Å²) in [6.45, 7) is 20.4. The third-order valence-corrected chi connectivity index (χ3v) is 17.9. The molecule has 1 aromatic heterocycles. The minimum atomic E-state index is -1.15. The van der Waals surface area contributed by atoms with E-state index < -0.39 is 42.1 Å². The Bertz CT molecular complexity index is 3590. The summed E-state index contributed by atoms with van der Waals surface area (Å²) in [6.07, 6.45) is 16.6. The molecule has 0 amide bonds. The Morgan fingerprint density at radius 1 is 0.477 bits per heavy atom. The molecule has 0 bridgehead atoms. The number of aromatic hydroxyl groups is 1. The Balaban J connectivity index is 0.000000651. The third-order valence-electron chi connectivity index (χ3n) is 17.9. The van der Waals surface area contributed by atoms with E-state index in [2.05, 4.69) is 69.4 Å². The molecule has 6 aromatic rings. The molecule has 5 aromatic carbocycles. The van der Waals surface area contributed by atoms with Gasteiger partial charge < -0.3 is 86.0 Å². The van der Waals surface area contributed by atoms with Gasteiger partial charge in [-0.2, -0.15) is 15.0 Å². The number of hydrogen-bond donors (Lipinski definition) is 13. The summed E-state index contributed by atoms with van der Waals surface area (Å²) in [7, 11) is 2.70. The van der Waals surface area contributed by atoms with Gasteiger partial charge in [0.25, 0.3) is 0 Å². The molecule has 0 radical (unpaired) electrons. The van der Waals surface area contributed by atoms with Crippen LogP contribution in [0.15, 0.2) is 115 Å². The SMILES string of the molecule is CC(O)COC(C)CO.CCCCC(CC)C(=O)OCC(O)CO.CCCCC(CC)Cc1cc(C(=O)O)c(CC(CC)CCCC)c(CC(CC)CCCC)c1Nc1nc(Nc2ccc(C(=O)O)cc2)nc(Nc2ccc(C(=O)O)cc2)n1.COC(C(=O)O)=C(OC)c1ccccc1.O=C(O)c1ccccc1O. The van der Waals surface area contributed by atoms with Gasteiger partial charge >= 0.3 is 35.8 Å². The van der Waals surface area contributed by atoms with E-state index in [4.69, 9.17) is 64.7 Å². The van der Waals surface area contributed by atoms with Crippen molar-refractivity contribution in [1.29, 1.82) is 0 Å². The van der Waals surface area contributed by atoms with Crippen LogP contribution in [-0.4, -0.2) is 161 Å². The number of benzene rings is 5. The van der Waals surface area contributed by atoms with Crippen molar-refractivity contribution in [2.75, 3.05) is 56.6 Å². The molecule has 13 N–H and O–H groups in total. The van der Waals surface area contributed by atoms with Gasteiger partial charge in [0.2, 0.25) is 23.6 Å². The van der Waals surface area contributed by atoms with E-state index in [9.17, 15) is 44.1 Å². The monoisotopic (exact) mass is 1520 g/mol. The first-order valence-electron chi connectivity index (χ1n) is 37.8. The van der Waals surface area contributed by atoms with Crippen molar-refractivity contribution in [2.45, 2.75) is 210 Å². The number of esters is 1. The molecule has 0 aliphatic heterocycles. The second-order valence-corrected chi connectivity index (χ2v) is 26.5. The number of anilines is 6. The van der Waals surface area contributed by atoms with Crippen molar-refractivity contribution < 1.29 is 98.8 Å². The predicted molar refractivity (Wildman–Crippen MR) is 423 cm³/mol. The van der Waals surface area contributed by atoms with Crippen molar-refractivity contribution in [3.05, 3.63) is 159 Å². The Labute approximate surface area is 642 Å². The molecule has 0 fully saturated rings. The molecule has 109 heavy (non-hydrogen) atoms. The summed E-state index contributed by atoms with van der Waals surface area (Å²) >= 11 is 0. The number of para-hydroxylation sites is 1. The van der Waals surface area contributed by atoms with Crippen LogP contribution in [0.3, 0.4) is 0 Å². The molecule has 6 rings (SSSR count). The zero-order valence-electron chi connectivity index (χ0n) is 65.6.